The lowest BCUT2D eigenvalue weighted by Gasteiger charge is -2.27. The van der Waals surface area contributed by atoms with E-state index in [1.54, 1.807) is 0 Å². The van der Waals surface area contributed by atoms with Gasteiger partial charge in [-0.05, 0) is 0 Å². The minimum atomic E-state index is -5.06. The summed E-state index contributed by atoms with van der Waals surface area (Å²) in [6, 6.07) is 0. The van der Waals surface area contributed by atoms with Gasteiger partial charge in [-0.2, -0.15) is 4.98 Å². The van der Waals surface area contributed by atoms with Gasteiger partial charge < -0.3 is 53.2 Å². The average molecular weight is 708 g/mol. The first-order valence-electron chi connectivity index (χ1n) is 13.0. The van der Waals surface area contributed by atoms with Gasteiger partial charge in [-0.3, -0.25) is 37.0 Å². The van der Waals surface area contributed by atoms with E-state index < -0.39 is 83.5 Å². The summed E-state index contributed by atoms with van der Waals surface area (Å²) in [6.45, 7) is -1.65. The van der Waals surface area contributed by atoms with Gasteiger partial charge in [0.15, 0.2) is 35.1 Å². The summed E-state index contributed by atoms with van der Waals surface area (Å²) in [5, 5.41) is 22.2. The average Bonchev–Trinajstić information content (AvgIpc) is 3.72. The lowest BCUT2D eigenvalue weighted by atomic mass is 10.1. The predicted molar refractivity (Wildman–Crippen MR) is 153 cm³/mol. The second-order valence-electron chi connectivity index (χ2n) is 10.1. The van der Waals surface area contributed by atoms with E-state index in [-0.39, 0.29) is 46.4 Å². The highest BCUT2D eigenvalue weighted by atomic mass is 31.2. The molecule has 15 N–H and O–H groups in total. The standard InChI is InChI=1S/C20H24N10O13P2.2H3N/c21-14-8-15(24-3-23-14)29(4-25-8)18-10(31)12-6(40-18)1-38-45(36,37)43-13-7(2-39-44(34,35)42-12)41-19(11(13)32)30-5-26-9-16(30)27-20(22)28-17(9)33;;/h3-7,10-13,18-19,31-32H,1-2H2,(H,34,35)(H,36,37)(H2,21,23,24)(H3,22,27,28,33);2*1H3. The van der Waals surface area contributed by atoms with E-state index >= 15 is 0 Å². The van der Waals surface area contributed by atoms with E-state index in [1.807, 2.05) is 0 Å². The first-order chi connectivity index (χ1) is 21.3. The van der Waals surface area contributed by atoms with Crippen LogP contribution < -0.4 is 29.3 Å². The number of nitrogens with zero attached hydrogens (tertiary/aromatic N) is 7. The molecular weight excluding hydrogens is 678 g/mol. The van der Waals surface area contributed by atoms with Gasteiger partial charge in [0.05, 0.1) is 25.9 Å². The van der Waals surface area contributed by atoms with Crippen LogP contribution in [0.25, 0.3) is 22.3 Å². The number of nitrogens with two attached hydrogens (primary N) is 2. The van der Waals surface area contributed by atoms with Crippen LogP contribution in [-0.2, 0) is 36.7 Å². The molecule has 0 spiro atoms. The molecule has 3 saturated heterocycles. The van der Waals surface area contributed by atoms with Gasteiger partial charge >= 0.3 is 15.6 Å². The van der Waals surface area contributed by atoms with Crippen molar-refractivity contribution in [2.45, 2.75) is 49.1 Å². The summed E-state index contributed by atoms with van der Waals surface area (Å²) >= 11 is 0. The Labute approximate surface area is 261 Å². The topological polar surface area (TPSA) is 400 Å². The number of phosphoric ester groups is 2. The predicted octanol–water partition coefficient (Wildman–Crippen LogP) is -2.02. The van der Waals surface area contributed by atoms with Crippen molar-refractivity contribution in [3.05, 3.63) is 29.3 Å². The van der Waals surface area contributed by atoms with Crippen LogP contribution in [0.2, 0.25) is 0 Å². The molecular formula is C20H30N12O13P2. The molecule has 0 radical (unpaired) electrons. The Hall–Kier alpha value is -3.52. The summed E-state index contributed by atoms with van der Waals surface area (Å²) in [5.41, 5.74) is 10.8. The Balaban J connectivity index is 0.00000217. The maximum absolute atomic E-state index is 13.1. The van der Waals surface area contributed by atoms with Crippen molar-refractivity contribution in [3.63, 3.8) is 0 Å². The zero-order chi connectivity index (χ0) is 31.8. The van der Waals surface area contributed by atoms with E-state index in [0.29, 0.717) is 0 Å². The molecule has 0 bridgehead atoms. The molecule has 4 aromatic heterocycles. The van der Waals surface area contributed by atoms with Crippen molar-refractivity contribution >= 4 is 49.7 Å². The monoisotopic (exact) mass is 708 g/mol. The van der Waals surface area contributed by atoms with Crippen LogP contribution in [0.3, 0.4) is 0 Å². The van der Waals surface area contributed by atoms with Crippen molar-refractivity contribution < 1.29 is 56.7 Å². The third kappa shape index (κ3) is 6.14. The molecule has 3 aliphatic rings. The molecule has 258 valence electrons. The molecule has 27 heteroatoms. The first-order valence-corrected chi connectivity index (χ1v) is 15.9. The van der Waals surface area contributed by atoms with Crippen molar-refractivity contribution in [3.8, 4) is 0 Å². The van der Waals surface area contributed by atoms with Crippen LogP contribution >= 0.6 is 15.6 Å². The maximum atomic E-state index is 13.1. The highest BCUT2D eigenvalue weighted by Gasteiger charge is 2.54. The molecule has 0 saturated carbocycles. The second kappa shape index (κ2) is 12.5. The third-order valence-electron chi connectivity index (χ3n) is 7.32. The van der Waals surface area contributed by atoms with E-state index in [1.165, 1.54) is 10.9 Å². The largest absolute Gasteiger partial charge is 0.472 e. The molecule has 7 rings (SSSR count). The number of phosphoric acid groups is 2. The van der Waals surface area contributed by atoms with E-state index in [9.17, 15) is 33.9 Å². The molecule has 4 aromatic rings. The normalized spacial score (nSPS) is 36.1. The molecule has 7 heterocycles. The molecule has 47 heavy (non-hydrogen) atoms. The minimum absolute atomic E-state index is 0. The molecule has 10 unspecified atom stereocenters. The number of hydrogen-bond acceptors (Lipinski definition) is 20. The smallest absolute Gasteiger partial charge is 0.386 e. The van der Waals surface area contributed by atoms with Crippen LogP contribution in [0.1, 0.15) is 12.5 Å². The van der Waals surface area contributed by atoms with Gasteiger partial charge in [-0.1, -0.05) is 0 Å². The number of hydrogen-bond donors (Lipinski definition) is 9. The number of nitrogen functional groups attached to an aromatic ring is 2. The zero-order valence-electron chi connectivity index (χ0n) is 23.8. The van der Waals surface area contributed by atoms with E-state index in [2.05, 4.69) is 29.9 Å². The van der Waals surface area contributed by atoms with Crippen LogP contribution in [-0.4, -0.2) is 109 Å². The third-order valence-corrected chi connectivity index (χ3v) is 9.29. The van der Waals surface area contributed by atoms with E-state index in [4.69, 9.17) is 39.0 Å². The quantitative estimate of drug-likeness (QED) is 0.101. The van der Waals surface area contributed by atoms with Gasteiger partial charge in [0.1, 0.15) is 48.5 Å². The summed E-state index contributed by atoms with van der Waals surface area (Å²) in [5.74, 6) is -0.230. The lowest BCUT2D eigenvalue weighted by Crippen LogP contribution is -2.39. The van der Waals surface area contributed by atoms with Crippen LogP contribution in [0.15, 0.2) is 23.8 Å². The Morgan fingerprint density at radius 3 is 1.87 bits per heavy atom. The fraction of sp³-hybridized carbons (Fsp3) is 0.500. The Morgan fingerprint density at radius 2 is 1.32 bits per heavy atom. The number of anilines is 2. The number of H-pyrrole nitrogens is 1. The molecule has 0 aliphatic carbocycles. The number of fused-ring (bicyclic) bond motifs is 4. The maximum Gasteiger partial charge on any atom is 0.472 e. The number of nitrogens with one attached hydrogen (secondary N) is 1. The van der Waals surface area contributed by atoms with Crippen molar-refractivity contribution in [1.29, 1.82) is 0 Å². The number of imidazole rings is 2. The number of aromatic amines is 1. The summed E-state index contributed by atoms with van der Waals surface area (Å²) in [6.07, 6.45) is -9.11. The Kier molecular flexibility index (Phi) is 9.25. The zero-order valence-corrected chi connectivity index (χ0v) is 25.6. The molecule has 3 aliphatic heterocycles. The fourth-order valence-corrected chi connectivity index (χ4v) is 7.25. The molecule has 0 aromatic carbocycles. The van der Waals surface area contributed by atoms with Crippen molar-refractivity contribution in [2.75, 3.05) is 24.7 Å². The molecule has 25 nitrogen and oxygen atoms in total. The van der Waals surface area contributed by atoms with Gasteiger partial charge in [-0.25, -0.2) is 29.1 Å². The highest BCUT2D eigenvalue weighted by Crippen LogP contribution is 2.53. The fourth-order valence-electron chi connectivity index (χ4n) is 5.32. The van der Waals surface area contributed by atoms with Crippen LogP contribution in [0.4, 0.5) is 11.8 Å². The minimum Gasteiger partial charge on any atom is -0.386 e. The van der Waals surface area contributed by atoms with Crippen LogP contribution in [0, 0.1) is 0 Å². The number of ether oxygens (including phenoxy) is 2. The summed E-state index contributed by atoms with van der Waals surface area (Å²) in [4.78, 5) is 55.6. The van der Waals surface area contributed by atoms with Crippen molar-refractivity contribution in [2.24, 2.45) is 0 Å². The number of rotatable bonds is 2. The second-order valence-corrected chi connectivity index (χ2v) is 13.0. The number of aliphatic hydroxyl groups excluding tert-OH is 2. The SMILES string of the molecule is N.N.Nc1nc2c(ncn2C2OC3COP(=O)(O)OC4C(COP(=O)(O)OC3C2O)OC(n2cnc3c(N)ncnc32)C4O)c(=O)[nH]1. The van der Waals surface area contributed by atoms with Gasteiger partial charge in [0.25, 0.3) is 5.56 Å². The number of aromatic nitrogens is 8. The van der Waals surface area contributed by atoms with Crippen molar-refractivity contribution in [1.82, 2.24) is 51.3 Å². The molecule has 10 atom stereocenters. The number of aliphatic hydroxyl groups is 2. The summed E-state index contributed by atoms with van der Waals surface area (Å²) in [7, 11) is -10.1. The van der Waals surface area contributed by atoms with Gasteiger partial charge in [0, 0.05) is 0 Å². The highest BCUT2D eigenvalue weighted by molar-refractivity contribution is 7.47. The van der Waals surface area contributed by atoms with Crippen LogP contribution in [0.5, 0.6) is 0 Å². The van der Waals surface area contributed by atoms with Gasteiger partial charge in [0.2, 0.25) is 5.95 Å². The Morgan fingerprint density at radius 1 is 0.809 bits per heavy atom. The summed E-state index contributed by atoms with van der Waals surface area (Å²) < 4.78 is 60.9. The lowest BCUT2D eigenvalue weighted by molar-refractivity contribution is -0.0664. The Bertz CT molecular complexity index is 1940. The van der Waals surface area contributed by atoms with Gasteiger partial charge in [-0.15, -0.1) is 0 Å². The molecule has 3 fully saturated rings. The first kappa shape index (κ1) is 34.8. The molecule has 0 amide bonds. The van der Waals surface area contributed by atoms with E-state index in [0.717, 1.165) is 17.2 Å².